The number of rotatable bonds is 11. The fourth-order valence-corrected chi connectivity index (χ4v) is 3.11. The van der Waals surface area contributed by atoms with Crippen LogP contribution >= 0.6 is 0 Å². The summed E-state index contributed by atoms with van der Waals surface area (Å²) in [6.45, 7) is 13.6. The van der Waals surface area contributed by atoms with Crippen molar-refractivity contribution in [2.75, 3.05) is 32.8 Å². The average Bonchev–Trinajstić information content (AvgIpc) is 2.35. The van der Waals surface area contributed by atoms with Crippen LogP contribution in [-0.2, 0) is 0 Å². The first-order chi connectivity index (χ1) is 9.56. The van der Waals surface area contributed by atoms with Crippen molar-refractivity contribution < 1.29 is 5.11 Å². The number of nitrogens with one attached hydrogen (secondary N) is 1. The van der Waals surface area contributed by atoms with Crippen molar-refractivity contribution in [1.29, 1.82) is 0 Å². The first kappa shape index (κ1) is 17.9. The lowest BCUT2D eigenvalue weighted by Crippen LogP contribution is -2.50. The molecule has 1 aliphatic rings. The van der Waals surface area contributed by atoms with E-state index in [0.29, 0.717) is 17.9 Å². The van der Waals surface area contributed by atoms with Gasteiger partial charge in [0.25, 0.3) is 0 Å². The molecule has 0 unspecified atom stereocenters. The van der Waals surface area contributed by atoms with Gasteiger partial charge in [-0.15, -0.1) is 0 Å². The second kappa shape index (κ2) is 9.01. The number of hydrogen-bond donors (Lipinski definition) is 2. The topological polar surface area (TPSA) is 35.5 Å². The van der Waals surface area contributed by atoms with Gasteiger partial charge in [-0.1, -0.05) is 34.1 Å². The summed E-state index contributed by atoms with van der Waals surface area (Å²) < 4.78 is 0. The number of nitrogens with zero attached hydrogens (tertiary/aromatic N) is 1. The van der Waals surface area contributed by atoms with Crippen LogP contribution in [0.2, 0.25) is 0 Å². The second-order valence-electron chi connectivity index (χ2n) is 7.01. The van der Waals surface area contributed by atoms with Gasteiger partial charge >= 0.3 is 0 Å². The first-order valence-corrected chi connectivity index (χ1v) is 8.62. The molecule has 0 bridgehead atoms. The van der Waals surface area contributed by atoms with Crippen molar-refractivity contribution in [2.45, 2.75) is 65.8 Å². The second-order valence-corrected chi connectivity index (χ2v) is 7.01. The van der Waals surface area contributed by atoms with E-state index in [1.165, 1.54) is 32.1 Å². The molecule has 1 fully saturated rings. The SMILES string of the molecule is CCC(CC)(CNCC(C)C)CN(CCO)C1CCC1. The van der Waals surface area contributed by atoms with Gasteiger partial charge in [0.1, 0.15) is 0 Å². The first-order valence-electron chi connectivity index (χ1n) is 8.62. The van der Waals surface area contributed by atoms with E-state index >= 15 is 0 Å². The minimum Gasteiger partial charge on any atom is -0.395 e. The van der Waals surface area contributed by atoms with Gasteiger partial charge in [0.2, 0.25) is 0 Å². The molecule has 120 valence electrons. The molecule has 0 aromatic carbocycles. The van der Waals surface area contributed by atoms with E-state index in [9.17, 15) is 5.11 Å². The fourth-order valence-electron chi connectivity index (χ4n) is 3.11. The van der Waals surface area contributed by atoms with E-state index in [-0.39, 0.29) is 0 Å². The lowest BCUT2D eigenvalue weighted by atomic mass is 9.80. The molecule has 1 aliphatic carbocycles. The van der Waals surface area contributed by atoms with Crippen molar-refractivity contribution in [3.63, 3.8) is 0 Å². The smallest absolute Gasteiger partial charge is 0.0558 e. The summed E-state index contributed by atoms with van der Waals surface area (Å²) in [7, 11) is 0. The molecule has 0 aliphatic heterocycles. The Kier molecular flexibility index (Phi) is 8.08. The Bertz CT molecular complexity index is 247. The molecule has 0 amide bonds. The van der Waals surface area contributed by atoms with E-state index in [4.69, 9.17) is 0 Å². The van der Waals surface area contributed by atoms with Gasteiger partial charge in [0.15, 0.2) is 0 Å². The summed E-state index contributed by atoms with van der Waals surface area (Å²) in [6.07, 6.45) is 6.43. The van der Waals surface area contributed by atoms with Crippen LogP contribution in [0.4, 0.5) is 0 Å². The Morgan fingerprint density at radius 3 is 2.30 bits per heavy atom. The molecule has 0 aromatic rings. The molecule has 0 spiro atoms. The van der Waals surface area contributed by atoms with Crippen LogP contribution in [0, 0.1) is 11.3 Å². The average molecular weight is 284 g/mol. The van der Waals surface area contributed by atoms with Crippen LogP contribution in [0.25, 0.3) is 0 Å². The summed E-state index contributed by atoms with van der Waals surface area (Å²) in [4.78, 5) is 2.55. The Labute approximate surface area is 126 Å². The monoisotopic (exact) mass is 284 g/mol. The summed E-state index contributed by atoms with van der Waals surface area (Å²) >= 11 is 0. The molecule has 3 heteroatoms. The zero-order valence-electron chi connectivity index (χ0n) is 14.1. The van der Waals surface area contributed by atoms with E-state index in [1.54, 1.807) is 0 Å². The molecule has 0 atom stereocenters. The van der Waals surface area contributed by atoms with Crippen LogP contribution in [-0.4, -0.2) is 48.8 Å². The Morgan fingerprint density at radius 1 is 1.25 bits per heavy atom. The van der Waals surface area contributed by atoms with E-state index in [0.717, 1.165) is 32.2 Å². The van der Waals surface area contributed by atoms with Crippen molar-refractivity contribution in [3.05, 3.63) is 0 Å². The Morgan fingerprint density at radius 2 is 1.90 bits per heavy atom. The molecule has 0 heterocycles. The predicted molar refractivity (Wildman–Crippen MR) is 87.0 cm³/mol. The van der Waals surface area contributed by atoms with Gasteiger partial charge < -0.3 is 10.4 Å². The van der Waals surface area contributed by atoms with E-state index < -0.39 is 0 Å². The van der Waals surface area contributed by atoms with Crippen molar-refractivity contribution in [1.82, 2.24) is 10.2 Å². The largest absolute Gasteiger partial charge is 0.395 e. The van der Waals surface area contributed by atoms with Gasteiger partial charge in [-0.2, -0.15) is 0 Å². The summed E-state index contributed by atoms with van der Waals surface area (Å²) in [5.74, 6) is 0.710. The minimum atomic E-state index is 0.291. The Hall–Kier alpha value is -0.120. The van der Waals surface area contributed by atoms with Crippen molar-refractivity contribution >= 4 is 0 Å². The predicted octanol–water partition coefficient (Wildman–Crippen LogP) is 2.89. The molecule has 2 N–H and O–H groups in total. The molecular weight excluding hydrogens is 248 g/mol. The molecule has 1 saturated carbocycles. The third-order valence-corrected chi connectivity index (χ3v) is 5.07. The molecule has 0 saturated heterocycles. The normalized spacial score (nSPS) is 16.9. The maximum Gasteiger partial charge on any atom is 0.0558 e. The minimum absolute atomic E-state index is 0.291. The van der Waals surface area contributed by atoms with Gasteiger partial charge in [0.05, 0.1) is 6.61 Å². The van der Waals surface area contributed by atoms with Crippen LogP contribution < -0.4 is 5.32 Å². The molecule has 3 nitrogen and oxygen atoms in total. The Balaban J connectivity index is 2.56. The van der Waals surface area contributed by atoms with Gasteiger partial charge in [0, 0.05) is 25.7 Å². The highest BCUT2D eigenvalue weighted by Gasteiger charge is 2.33. The highest BCUT2D eigenvalue weighted by atomic mass is 16.3. The molecule has 20 heavy (non-hydrogen) atoms. The lowest BCUT2D eigenvalue weighted by molar-refractivity contribution is 0.0478. The molecule has 0 aromatic heterocycles. The molecule has 0 radical (unpaired) electrons. The summed E-state index contributed by atoms with van der Waals surface area (Å²) in [6, 6.07) is 0.727. The molecular formula is C17H36N2O. The highest BCUT2D eigenvalue weighted by Crippen LogP contribution is 2.32. The van der Waals surface area contributed by atoms with Gasteiger partial charge in [-0.25, -0.2) is 0 Å². The van der Waals surface area contributed by atoms with Crippen molar-refractivity contribution in [2.24, 2.45) is 11.3 Å². The zero-order valence-corrected chi connectivity index (χ0v) is 14.1. The van der Waals surface area contributed by atoms with Crippen LogP contribution in [0.1, 0.15) is 59.8 Å². The zero-order chi connectivity index (χ0) is 15.0. The van der Waals surface area contributed by atoms with Gasteiger partial charge in [-0.05, 0) is 43.6 Å². The maximum atomic E-state index is 9.34. The number of aliphatic hydroxyl groups is 1. The highest BCUT2D eigenvalue weighted by molar-refractivity contribution is 4.88. The summed E-state index contributed by atoms with van der Waals surface area (Å²) in [5.41, 5.74) is 0.361. The van der Waals surface area contributed by atoms with E-state index in [1.807, 2.05) is 0 Å². The van der Waals surface area contributed by atoms with Gasteiger partial charge in [-0.3, -0.25) is 4.90 Å². The number of hydrogen-bond acceptors (Lipinski definition) is 3. The maximum absolute atomic E-state index is 9.34. The third-order valence-electron chi connectivity index (χ3n) is 5.07. The number of aliphatic hydroxyl groups excluding tert-OH is 1. The van der Waals surface area contributed by atoms with E-state index in [2.05, 4.69) is 37.9 Å². The van der Waals surface area contributed by atoms with Crippen LogP contribution in [0.15, 0.2) is 0 Å². The fraction of sp³-hybridized carbons (Fsp3) is 1.00. The standard InChI is InChI=1S/C17H36N2O/c1-5-17(6-2,13-18-12-15(3)4)14-19(10-11-20)16-8-7-9-16/h15-16,18,20H,5-14H2,1-4H3. The van der Waals surface area contributed by atoms with Crippen molar-refractivity contribution in [3.8, 4) is 0 Å². The lowest BCUT2D eigenvalue weighted by Gasteiger charge is -2.44. The quantitative estimate of drug-likeness (QED) is 0.612. The third kappa shape index (κ3) is 5.34. The van der Waals surface area contributed by atoms with Crippen LogP contribution in [0.3, 0.4) is 0 Å². The molecule has 1 rings (SSSR count). The van der Waals surface area contributed by atoms with Crippen LogP contribution in [0.5, 0.6) is 0 Å². The summed E-state index contributed by atoms with van der Waals surface area (Å²) in [5, 5.41) is 13.0.